The SMILES string of the molecule is O=[N+]([O-])c1ccc(N2CCCC(C3OCCO3)C2)c(F)c1. The van der Waals surface area contributed by atoms with Crippen LogP contribution < -0.4 is 4.90 Å². The molecule has 2 aliphatic rings. The van der Waals surface area contributed by atoms with Crippen LogP contribution >= 0.6 is 0 Å². The van der Waals surface area contributed by atoms with Crippen LogP contribution in [0, 0.1) is 21.8 Å². The lowest BCUT2D eigenvalue weighted by Gasteiger charge is -2.36. The highest BCUT2D eigenvalue weighted by molar-refractivity contribution is 5.52. The van der Waals surface area contributed by atoms with Crippen molar-refractivity contribution in [3.8, 4) is 0 Å². The summed E-state index contributed by atoms with van der Waals surface area (Å²) < 4.78 is 25.1. The Kier molecular flexibility index (Phi) is 4.03. The maximum absolute atomic E-state index is 14.1. The first-order chi connectivity index (χ1) is 10.1. The maximum atomic E-state index is 14.1. The zero-order valence-corrected chi connectivity index (χ0v) is 11.5. The number of nitrogens with zero attached hydrogens (tertiary/aromatic N) is 2. The molecule has 0 amide bonds. The van der Waals surface area contributed by atoms with Gasteiger partial charge in [-0.1, -0.05) is 0 Å². The number of ether oxygens (including phenoxy) is 2. The molecule has 2 heterocycles. The third-order valence-electron chi connectivity index (χ3n) is 3.97. The van der Waals surface area contributed by atoms with Gasteiger partial charge in [0.1, 0.15) is 0 Å². The van der Waals surface area contributed by atoms with Crippen molar-refractivity contribution >= 4 is 11.4 Å². The molecule has 0 aliphatic carbocycles. The van der Waals surface area contributed by atoms with Gasteiger partial charge in [0.15, 0.2) is 12.1 Å². The van der Waals surface area contributed by atoms with Crippen LogP contribution in [0.1, 0.15) is 12.8 Å². The quantitative estimate of drug-likeness (QED) is 0.632. The minimum absolute atomic E-state index is 0.204. The van der Waals surface area contributed by atoms with Gasteiger partial charge in [-0.25, -0.2) is 4.39 Å². The number of nitro benzene ring substituents is 1. The first-order valence-electron chi connectivity index (χ1n) is 7.07. The minimum atomic E-state index is -0.591. The van der Waals surface area contributed by atoms with Crippen molar-refractivity contribution in [3.63, 3.8) is 0 Å². The molecule has 0 N–H and O–H groups in total. The molecule has 1 aromatic rings. The number of anilines is 1. The average molecular weight is 296 g/mol. The largest absolute Gasteiger partial charge is 0.369 e. The lowest BCUT2D eigenvalue weighted by molar-refractivity contribution is -0.385. The average Bonchev–Trinajstić information content (AvgIpc) is 3.01. The summed E-state index contributed by atoms with van der Waals surface area (Å²) in [5, 5.41) is 10.7. The Morgan fingerprint density at radius 3 is 2.76 bits per heavy atom. The molecule has 0 bridgehead atoms. The summed E-state index contributed by atoms with van der Waals surface area (Å²) in [5.74, 6) is -0.353. The lowest BCUT2D eigenvalue weighted by Crippen LogP contribution is -2.41. The molecule has 0 aromatic heterocycles. The highest BCUT2D eigenvalue weighted by atomic mass is 19.1. The fourth-order valence-corrected chi connectivity index (χ4v) is 2.97. The number of non-ortho nitro benzene ring substituents is 1. The van der Waals surface area contributed by atoms with Crippen molar-refractivity contribution in [3.05, 3.63) is 34.1 Å². The van der Waals surface area contributed by atoms with E-state index in [9.17, 15) is 14.5 Å². The fourth-order valence-electron chi connectivity index (χ4n) is 2.97. The number of halogens is 1. The molecule has 0 spiro atoms. The van der Waals surface area contributed by atoms with Crippen LogP contribution in [0.3, 0.4) is 0 Å². The molecule has 2 aliphatic heterocycles. The molecule has 2 fully saturated rings. The molecule has 1 aromatic carbocycles. The molecule has 114 valence electrons. The van der Waals surface area contributed by atoms with E-state index in [0.29, 0.717) is 25.4 Å². The van der Waals surface area contributed by atoms with Crippen molar-refractivity contribution in [1.82, 2.24) is 0 Å². The summed E-state index contributed by atoms with van der Waals surface area (Å²) in [6, 6.07) is 3.79. The van der Waals surface area contributed by atoms with Crippen LogP contribution in [0.15, 0.2) is 18.2 Å². The Balaban J connectivity index is 1.75. The fraction of sp³-hybridized carbons (Fsp3) is 0.571. The zero-order chi connectivity index (χ0) is 14.8. The second-order valence-electron chi connectivity index (χ2n) is 5.35. The topological polar surface area (TPSA) is 64.8 Å². The number of hydrogen-bond donors (Lipinski definition) is 0. The van der Waals surface area contributed by atoms with Crippen molar-refractivity contribution in [2.24, 2.45) is 5.92 Å². The molecule has 1 atom stereocenters. The van der Waals surface area contributed by atoms with Crippen LogP contribution in [-0.4, -0.2) is 37.5 Å². The summed E-state index contributed by atoms with van der Waals surface area (Å²) >= 11 is 0. The van der Waals surface area contributed by atoms with Gasteiger partial charge in [-0.2, -0.15) is 0 Å². The monoisotopic (exact) mass is 296 g/mol. The van der Waals surface area contributed by atoms with Crippen LogP contribution in [0.2, 0.25) is 0 Å². The molecule has 3 rings (SSSR count). The second-order valence-corrected chi connectivity index (χ2v) is 5.35. The number of benzene rings is 1. The molecular weight excluding hydrogens is 279 g/mol. The molecule has 0 radical (unpaired) electrons. The molecule has 7 heteroatoms. The van der Waals surface area contributed by atoms with E-state index in [1.54, 1.807) is 0 Å². The Morgan fingerprint density at radius 2 is 2.10 bits per heavy atom. The standard InChI is InChI=1S/C14H17FN2O4/c15-12-8-11(17(18)19)3-4-13(12)16-5-1-2-10(9-16)14-20-6-7-21-14/h3-4,8,10,14H,1-2,5-7,9H2. The highest BCUT2D eigenvalue weighted by Gasteiger charge is 2.32. The van der Waals surface area contributed by atoms with Gasteiger partial charge in [0.25, 0.3) is 5.69 Å². The van der Waals surface area contributed by atoms with Gasteiger partial charge in [-0.3, -0.25) is 10.1 Å². The normalized spacial score (nSPS) is 23.5. The molecule has 2 saturated heterocycles. The highest BCUT2D eigenvalue weighted by Crippen LogP contribution is 2.31. The third kappa shape index (κ3) is 2.98. The first kappa shape index (κ1) is 14.2. The van der Waals surface area contributed by atoms with Crippen molar-refractivity contribution < 1.29 is 18.8 Å². The number of nitro groups is 1. The van der Waals surface area contributed by atoms with E-state index in [1.165, 1.54) is 12.1 Å². The number of hydrogen-bond acceptors (Lipinski definition) is 5. The van der Waals surface area contributed by atoms with E-state index in [1.807, 2.05) is 4.90 Å². The minimum Gasteiger partial charge on any atom is -0.369 e. The molecule has 21 heavy (non-hydrogen) atoms. The Labute approximate surface area is 121 Å². The van der Waals surface area contributed by atoms with E-state index in [0.717, 1.165) is 25.5 Å². The van der Waals surface area contributed by atoms with Crippen LogP contribution in [0.5, 0.6) is 0 Å². The predicted octanol–water partition coefficient (Wildman–Crippen LogP) is 2.32. The van der Waals surface area contributed by atoms with E-state index in [2.05, 4.69) is 0 Å². The van der Waals surface area contributed by atoms with Crippen molar-refractivity contribution in [2.45, 2.75) is 19.1 Å². The Morgan fingerprint density at radius 1 is 1.33 bits per heavy atom. The molecule has 0 saturated carbocycles. The lowest BCUT2D eigenvalue weighted by atomic mass is 9.97. The summed E-state index contributed by atoms with van der Waals surface area (Å²) in [4.78, 5) is 12.0. The maximum Gasteiger partial charge on any atom is 0.272 e. The van der Waals surface area contributed by atoms with Crippen LogP contribution in [0.4, 0.5) is 15.8 Å². The number of piperidine rings is 1. The van der Waals surface area contributed by atoms with Gasteiger partial charge in [0.2, 0.25) is 0 Å². The van der Waals surface area contributed by atoms with E-state index < -0.39 is 10.7 Å². The molecule has 1 unspecified atom stereocenters. The zero-order valence-electron chi connectivity index (χ0n) is 11.5. The predicted molar refractivity (Wildman–Crippen MR) is 73.7 cm³/mol. The summed E-state index contributed by atoms with van der Waals surface area (Å²) in [6.07, 6.45) is 1.69. The van der Waals surface area contributed by atoms with E-state index in [4.69, 9.17) is 9.47 Å². The van der Waals surface area contributed by atoms with Gasteiger partial charge in [-0.05, 0) is 18.9 Å². The van der Waals surface area contributed by atoms with Gasteiger partial charge in [0.05, 0.1) is 29.9 Å². The van der Waals surface area contributed by atoms with Crippen molar-refractivity contribution in [2.75, 3.05) is 31.2 Å². The Hall–Kier alpha value is -1.73. The second kappa shape index (κ2) is 5.95. The van der Waals surface area contributed by atoms with Gasteiger partial charge in [0, 0.05) is 25.1 Å². The van der Waals surface area contributed by atoms with Crippen LogP contribution in [0.25, 0.3) is 0 Å². The van der Waals surface area contributed by atoms with E-state index >= 15 is 0 Å². The smallest absolute Gasteiger partial charge is 0.272 e. The van der Waals surface area contributed by atoms with Gasteiger partial charge >= 0.3 is 0 Å². The molecule has 6 nitrogen and oxygen atoms in total. The summed E-state index contributed by atoms with van der Waals surface area (Å²) in [6.45, 7) is 2.58. The van der Waals surface area contributed by atoms with Crippen molar-refractivity contribution in [1.29, 1.82) is 0 Å². The third-order valence-corrected chi connectivity index (χ3v) is 3.97. The summed E-state index contributed by atoms with van der Waals surface area (Å²) in [5.41, 5.74) is 0.176. The number of rotatable bonds is 3. The molecular formula is C14H17FN2O4. The Bertz CT molecular complexity index is 534. The first-order valence-corrected chi connectivity index (χ1v) is 7.07. The van der Waals surface area contributed by atoms with Crippen LogP contribution in [-0.2, 0) is 9.47 Å². The van der Waals surface area contributed by atoms with Gasteiger partial charge in [-0.15, -0.1) is 0 Å². The van der Waals surface area contributed by atoms with Gasteiger partial charge < -0.3 is 14.4 Å². The van der Waals surface area contributed by atoms with E-state index in [-0.39, 0.29) is 17.9 Å². The summed E-state index contributed by atoms with van der Waals surface area (Å²) in [7, 11) is 0.